The fourth-order valence-electron chi connectivity index (χ4n) is 3.79. The van der Waals surface area contributed by atoms with Crippen LogP contribution in [-0.2, 0) is 29.1 Å². The van der Waals surface area contributed by atoms with Gasteiger partial charge in [-0.05, 0) is 35.2 Å². The minimum absolute atomic E-state index is 0.0165. The Labute approximate surface area is 176 Å². The number of carbonyl (C=O) groups excluding carboxylic acids is 2. The van der Waals surface area contributed by atoms with Crippen molar-refractivity contribution >= 4 is 23.2 Å². The second-order valence-corrected chi connectivity index (χ2v) is 7.54. The molecule has 5 nitrogen and oxygen atoms in total. The lowest BCUT2D eigenvalue weighted by Crippen LogP contribution is -2.33. The minimum Gasteiger partial charge on any atom is -0.326 e. The summed E-state index contributed by atoms with van der Waals surface area (Å²) in [5.41, 5.74) is 4.89. The molecule has 4 rings (SSSR count). The number of rotatable bonds is 7. The van der Waals surface area contributed by atoms with Gasteiger partial charge in [0.05, 0.1) is 6.54 Å². The molecule has 3 aromatic carbocycles. The molecule has 0 atom stereocenters. The zero-order chi connectivity index (χ0) is 20.8. The highest BCUT2D eigenvalue weighted by Gasteiger charge is 2.19. The van der Waals surface area contributed by atoms with Crippen molar-refractivity contribution in [3.8, 4) is 0 Å². The highest BCUT2D eigenvalue weighted by Crippen LogP contribution is 2.29. The van der Waals surface area contributed by atoms with Gasteiger partial charge in [0.2, 0.25) is 11.8 Å². The molecule has 0 radical (unpaired) electrons. The number of nitrogens with one attached hydrogen (secondary N) is 2. The number of nitrogens with zero attached hydrogens (tertiary/aromatic N) is 1. The molecule has 0 saturated heterocycles. The summed E-state index contributed by atoms with van der Waals surface area (Å²) in [4.78, 5) is 26.7. The van der Waals surface area contributed by atoms with Gasteiger partial charge >= 0.3 is 0 Å². The van der Waals surface area contributed by atoms with Gasteiger partial charge < -0.3 is 10.6 Å². The summed E-state index contributed by atoms with van der Waals surface area (Å²) in [6.07, 6.45) is 1.07. The SMILES string of the molecule is O=C1CCc2c(cccc2NC(=O)CN(Cc2ccccc2)Cc2ccccc2)N1. The zero-order valence-electron chi connectivity index (χ0n) is 16.8. The molecule has 5 heteroatoms. The van der Waals surface area contributed by atoms with Crippen LogP contribution in [0.15, 0.2) is 78.9 Å². The van der Waals surface area contributed by atoms with E-state index < -0.39 is 0 Å². The number of fused-ring (bicyclic) bond motifs is 1. The van der Waals surface area contributed by atoms with Gasteiger partial charge in [-0.1, -0.05) is 66.7 Å². The molecule has 0 aliphatic carbocycles. The molecule has 1 aliphatic heterocycles. The van der Waals surface area contributed by atoms with Gasteiger partial charge in [0, 0.05) is 30.9 Å². The zero-order valence-corrected chi connectivity index (χ0v) is 16.8. The van der Waals surface area contributed by atoms with E-state index in [9.17, 15) is 9.59 Å². The Morgan fingerprint density at radius 2 is 1.47 bits per heavy atom. The number of anilines is 2. The number of hydrogen-bond donors (Lipinski definition) is 2. The van der Waals surface area contributed by atoms with E-state index in [-0.39, 0.29) is 18.4 Å². The maximum atomic E-state index is 12.9. The number of benzene rings is 3. The van der Waals surface area contributed by atoms with Crippen LogP contribution in [0.5, 0.6) is 0 Å². The molecule has 0 aromatic heterocycles. The maximum absolute atomic E-state index is 12.9. The summed E-state index contributed by atoms with van der Waals surface area (Å²) in [5, 5.41) is 5.93. The van der Waals surface area contributed by atoms with E-state index in [1.54, 1.807) is 0 Å². The van der Waals surface area contributed by atoms with Gasteiger partial charge in [0.25, 0.3) is 0 Å². The van der Waals surface area contributed by atoms with Crippen LogP contribution in [0.1, 0.15) is 23.1 Å². The van der Waals surface area contributed by atoms with Crippen LogP contribution >= 0.6 is 0 Å². The highest BCUT2D eigenvalue weighted by atomic mass is 16.2. The van der Waals surface area contributed by atoms with E-state index in [4.69, 9.17) is 0 Å². The van der Waals surface area contributed by atoms with E-state index in [0.717, 1.165) is 16.9 Å². The third-order valence-electron chi connectivity index (χ3n) is 5.19. The molecule has 152 valence electrons. The molecule has 0 bridgehead atoms. The average Bonchev–Trinajstić information content (AvgIpc) is 2.75. The molecule has 0 unspecified atom stereocenters. The van der Waals surface area contributed by atoms with Gasteiger partial charge in [-0.3, -0.25) is 14.5 Å². The van der Waals surface area contributed by atoms with Gasteiger partial charge in [-0.25, -0.2) is 0 Å². The van der Waals surface area contributed by atoms with Gasteiger partial charge in [0.15, 0.2) is 0 Å². The lowest BCUT2D eigenvalue weighted by Gasteiger charge is -2.24. The number of carbonyl (C=O) groups is 2. The topological polar surface area (TPSA) is 61.4 Å². The van der Waals surface area contributed by atoms with Crippen molar-refractivity contribution in [3.63, 3.8) is 0 Å². The predicted octanol–water partition coefficient (Wildman–Crippen LogP) is 4.21. The second kappa shape index (κ2) is 9.37. The van der Waals surface area contributed by atoms with Crippen LogP contribution in [0.2, 0.25) is 0 Å². The van der Waals surface area contributed by atoms with Crippen LogP contribution in [-0.4, -0.2) is 23.3 Å². The van der Waals surface area contributed by atoms with E-state index in [1.807, 2.05) is 54.6 Å². The molecular weight excluding hydrogens is 374 g/mol. The Hall–Kier alpha value is -3.44. The number of hydrogen-bond acceptors (Lipinski definition) is 3. The van der Waals surface area contributed by atoms with Crippen LogP contribution in [0, 0.1) is 0 Å². The average molecular weight is 399 g/mol. The minimum atomic E-state index is -0.0628. The first-order valence-corrected chi connectivity index (χ1v) is 10.2. The van der Waals surface area contributed by atoms with Gasteiger partial charge in [-0.2, -0.15) is 0 Å². The van der Waals surface area contributed by atoms with Crippen molar-refractivity contribution in [1.29, 1.82) is 0 Å². The summed E-state index contributed by atoms with van der Waals surface area (Å²) in [6, 6.07) is 26.0. The number of amides is 2. The van der Waals surface area contributed by atoms with E-state index in [2.05, 4.69) is 39.8 Å². The first-order valence-electron chi connectivity index (χ1n) is 10.2. The summed E-state index contributed by atoms with van der Waals surface area (Å²) in [5.74, 6) is -0.0463. The molecule has 0 spiro atoms. The van der Waals surface area contributed by atoms with Gasteiger partial charge in [0.1, 0.15) is 0 Å². The Kier molecular flexibility index (Phi) is 6.20. The Morgan fingerprint density at radius 3 is 2.10 bits per heavy atom. The second-order valence-electron chi connectivity index (χ2n) is 7.54. The third-order valence-corrected chi connectivity index (χ3v) is 5.19. The molecule has 0 fully saturated rings. The highest BCUT2D eigenvalue weighted by molar-refractivity contribution is 5.98. The molecule has 3 aromatic rings. The summed E-state index contributed by atoms with van der Waals surface area (Å²) >= 11 is 0. The van der Waals surface area contributed by atoms with Crippen LogP contribution < -0.4 is 10.6 Å². The maximum Gasteiger partial charge on any atom is 0.238 e. The Morgan fingerprint density at radius 1 is 0.833 bits per heavy atom. The van der Waals surface area contributed by atoms with Crippen LogP contribution in [0.4, 0.5) is 11.4 Å². The summed E-state index contributed by atoms with van der Waals surface area (Å²) in [6.45, 7) is 1.65. The molecule has 2 N–H and O–H groups in total. The molecular formula is C25H25N3O2. The smallest absolute Gasteiger partial charge is 0.238 e. The standard InChI is InChI=1S/C25H25N3O2/c29-24-15-14-21-22(26-24)12-7-13-23(21)27-25(30)18-28(16-19-8-3-1-4-9-19)17-20-10-5-2-6-11-20/h1-13H,14-18H2,(H,26,29)(H,27,30). The Bertz CT molecular complexity index is 978. The predicted molar refractivity (Wildman–Crippen MR) is 119 cm³/mol. The fraction of sp³-hybridized carbons (Fsp3) is 0.200. The lowest BCUT2D eigenvalue weighted by molar-refractivity contribution is -0.117. The van der Waals surface area contributed by atoms with Crippen molar-refractivity contribution in [2.24, 2.45) is 0 Å². The lowest BCUT2D eigenvalue weighted by atomic mass is 10.0. The van der Waals surface area contributed by atoms with E-state index in [0.29, 0.717) is 25.9 Å². The normalized spacial score (nSPS) is 12.9. The van der Waals surface area contributed by atoms with Crippen molar-refractivity contribution in [2.75, 3.05) is 17.2 Å². The first-order chi connectivity index (χ1) is 14.7. The molecule has 1 heterocycles. The largest absolute Gasteiger partial charge is 0.326 e. The van der Waals surface area contributed by atoms with Crippen molar-refractivity contribution in [1.82, 2.24) is 4.90 Å². The molecule has 0 saturated carbocycles. The van der Waals surface area contributed by atoms with Crippen molar-refractivity contribution in [3.05, 3.63) is 95.6 Å². The quantitative estimate of drug-likeness (QED) is 0.626. The molecule has 1 aliphatic rings. The van der Waals surface area contributed by atoms with E-state index in [1.165, 1.54) is 11.1 Å². The van der Waals surface area contributed by atoms with Crippen LogP contribution in [0.3, 0.4) is 0 Å². The Balaban J connectivity index is 1.47. The van der Waals surface area contributed by atoms with E-state index >= 15 is 0 Å². The molecule has 2 amide bonds. The fourth-order valence-corrected chi connectivity index (χ4v) is 3.79. The summed E-state index contributed by atoms with van der Waals surface area (Å²) < 4.78 is 0. The van der Waals surface area contributed by atoms with Crippen molar-refractivity contribution in [2.45, 2.75) is 25.9 Å². The van der Waals surface area contributed by atoms with Crippen molar-refractivity contribution < 1.29 is 9.59 Å². The third kappa shape index (κ3) is 5.13. The molecule has 30 heavy (non-hydrogen) atoms. The van der Waals surface area contributed by atoms with Gasteiger partial charge in [-0.15, -0.1) is 0 Å². The monoisotopic (exact) mass is 399 g/mol. The summed E-state index contributed by atoms with van der Waals surface area (Å²) in [7, 11) is 0. The first kappa shape index (κ1) is 19.9. The van der Waals surface area contributed by atoms with Crippen LogP contribution in [0.25, 0.3) is 0 Å².